The van der Waals surface area contributed by atoms with Crippen LogP contribution in [0.3, 0.4) is 0 Å². The molecule has 0 bridgehead atoms. The van der Waals surface area contributed by atoms with Crippen molar-refractivity contribution in [3.63, 3.8) is 0 Å². The Hall–Kier alpha value is -3.72. The number of rotatable bonds is 4. The zero-order valence-corrected chi connectivity index (χ0v) is 22.1. The van der Waals surface area contributed by atoms with E-state index in [4.69, 9.17) is 14.2 Å². The van der Waals surface area contributed by atoms with Gasteiger partial charge in [-0.25, -0.2) is 9.18 Å². The second-order valence-corrected chi connectivity index (χ2v) is 8.10. The number of amides is 2. The summed E-state index contributed by atoms with van der Waals surface area (Å²) >= 11 is 0. The molecule has 198 valence electrons. The summed E-state index contributed by atoms with van der Waals surface area (Å²) in [6.07, 6.45) is 1.89. The Morgan fingerprint density at radius 3 is 2.51 bits per heavy atom. The van der Waals surface area contributed by atoms with Crippen molar-refractivity contribution >= 4 is 29.2 Å². The molecule has 8 nitrogen and oxygen atoms in total. The van der Waals surface area contributed by atoms with Gasteiger partial charge in [0.1, 0.15) is 17.0 Å². The van der Waals surface area contributed by atoms with Crippen LogP contribution in [0.15, 0.2) is 42.0 Å². The highest BCUT2D eigenvalue weighted by Gasteiger charge is 2.58. The Morgan fingerprint density at radius 2 is 1.86 bits per heavy atom. The predicted octanol–water partition coefficient (Wildman–Crippen LogP) is 4.99. The molecule has 3 aliphatic rings. The molecule has 0 aromatic heterocycles. The van der Waals surface area contributed by atoms with Gasteiger partial charge < -0.3 is 24.4 Å². The van der Waals surface area contributed by atoms with Gasteiger partial charge in [-0.15, -0.1) is 0 Å². The summed E-state index contributed by atoms with van der Waals surface area (Å²) in [5.74, 6) is -2.00. The first-order valence-electron chi connectivity index (χ1n) is 12.5. The third-order valence-corrected chi connectivity index (χ3v) is 6.07. The van der Waals surface area contributed by atoms with Gasteiger partial charge in [-0.2, -0.15) is 0 Å². The van der Waals surface area contributed by atoms with E-state index < -0.39 is 23.1 Å². The van der Waals surface area contributed by atoms with Gasteiger partial charge in [-0.3, -0.25) is 9.59 Å². The first-order valence-corrected chi connectivity index (χ1v) is 12.5. The van der Waals surface area contributed by atoms with Gasteiger partial charge in [0.25, 0.3) is 0 Å². The number of nitrogens with zero attached hydrogens (tertiary/aromatic N) is 1. The molecule has 2 aromatic rings. The molecule has 0 saturated carbocycles. The number of benzene rings is 2. The van der Waals surface area contributed by atoms with Crippen LogP contribution in [0, 0.1) is 5.82 Å². The Bertz CT molecular complexity index is 1240. The Labute approximate surface area is 216 Å². The smallest absolute Gasteiger partial charge is 0.397 e. The van der Waals surface area contributed by atoms with Crippen molar-refractivity contribution in [2.24, 2.45) is 0 Å². The minimum atomic E-state index is -0.993. The minimum absolute atomic E-state index is 0.0464. The van der Waals surface area contributed by atoms with Gasteiger partial charge in [-0.05, 0) is 43.7 Å². The third-order valence-electron chi connectivity index (χ3n) is 6.07. The number of halogens is 1. The van der Waals surface area contributed by atoms with E-state index in [9.17, 15) is 18.8 Å². The maximum Gasteiger partial charge on any atom is 0.397 e. The zero-order chi connectivity index (χ0) is 27.3. The van der Waals surface area contributed by atoms with E-state index in [1.165, 1.54) is 12.1 Å². The fourth-order valence-electron chi connectivity index (χ4n) is 4.49. The van der Waals surface area contributed by atoms with Gasteiger partial charge in [0.05, 0.1) is 25.4 Å². The number of hydrogen-bond donors (Lipinski definition) is 1. The molecule has 0 saturated heterocycles. The molecule has 1 N–H and O–H groups in total. The van der Waals surface area contributed by atoms with Crippen LogP contribution in [0.4, 0.5) is 15.8 Å². The summed E-state index contributed by atoms with van der Waals surface area (Å²) in [6, 6.07) is 7.73. The van der Waals surface area contributed by atoms with Crippen LogP contribution in [0.2, 0.25) is 0 Å². The molecule has 1 aliphatic carbocycles. The second kappa shape index (κ2) is 11.6. The molecule has 2 heterocycles. The molecule has 9 heteroatoms. The van der Waals surface area contributed by atoms with Gasteiger partial charge >= 0.3 is 11.9 Å². The summed E-state index contributed by atoms with van der Waals surface area (Å²) in [7, 11) is 0. The summed E-state index contributed by atoms with van der Waals surface area (Å²) in [6.45, 7) is 11.9. The van der Waals surface area contributed by atoms with Crippen molar-refractivity contribution in [2.45, 2.75) is 60.1 Å². The van der Waals surface area contributed by atoms with E-state index in [2.05, 4.69) is 5.32 Å². The lowest BCUT2D eigenvalue weighted by atomic mass is 9.92. The van der Waals surface area contributed by atoms with Crippen molar-refractivity contribution in [3.05, 3.63) is 64.5 Å². The minimum Gasteiger partial charge on any atom is -0.467 e. The monoisotopic (exact) mass is 512 g/mol. The highest BCUT2D eigenvalue weighted by molar-refractivity contribution is 6.37. The predicted molar refractivity (Wildman–Crippen MR) is 138 cm³/mol. The van der Waals surface area contributed by atoms with Crippen LogP contribution < -0.4 is 15.0 Å². The van der Waals surface area contributed by atoms with E-state index in [0.29, 0.717) is 28.3 Å². The van der Waals surface area contributed by atoms with E-state index in [-0.39, 0.29) is 32.5 Å². The Morgan fingerprint density at radius 1 is 1.16 bits per heavy atom. The van der Waals surface area contributed by atoms with Crippen molar-refractivity contribution in [1.82, 2.24) is 0 Å². The molecule has 5 rings (SSSR count). The van der Waals surface area contributed by atoms with Crippen LogP contribution in [0.1, 0.15) is 58.2 Å². The van der Waals surface area contributed by atoms with Crippen LogP contribution >= 0.6 is 0 Å². The molecule has 37 heavy (non-hydrogen) atoms. The van der Waals surface area contributed by atoms with Crippen LogP contribution in [0.25, 0.3) is 0 Å². The first-order chi connectivity index (χ1) is 17.8. The van der Waals surface area contributed by atoms with E-state index in [1.54, 1.807) is 30.0 Å². The van der Waals surface area contributed by atoms with E-state index in [0.717, 1.165) is 11.1 Å². The topological polar surface area (TPSA) is 94.2 Å². The number of carbonyl (C=O) groups excluding carboxylic acids is 3. The molecular formula is C28H33FN2O6. The third kappa shape index (κ3) is 5.09. The molecule has 1 unspecified atom stereocenters. The molecule has 2 aromatic carbocycles. The SMILES string of the molecule is CC.CC.CCOC(=O)C(=O)Nc1ccc2c(c1)N(Cc1cc(F)cc3c1OCOC3)C(=O)C21C=C1C. The number of ether oxygens (including phenoxy) is 3. The molecule has 1 atom stereocenters. The van der Waals surface area contributed by atoms with E-state index >= 15 is 0 Å². The van der Waals surface area contributed by atoms with Crippen molar-refractivity contribution < 1.29 is 33.0 Å². The largest absolute Gasteiger partial charge is 0.467 e. The molecule has 0 radical (unpaired) electrons. The van der Waals surface area contributed by atoms with Gasteiger partial charge in [0.2, 0.25) is 5.91 Å². The second-order valence-electron chi connectivity index (χ2n) is 8.10. The molecular weight excluding hydrogens is 479 g/mol. The van der Waals surface area contributed by atoms with Crippen molar-refractivity contribution in [2.75, 3.05) is 23.6 Å². The lowest BCUT2D eigenvalue weighted by molar-refractivity contribution is -0.152. The number of nitrogens with one attached hydrogen (secondary N) is 1. The Kier molecular flexibility index (Phi) is 8.70. The quantitative estimate of drug-likeness (QED) is 0.352. The van der Waals surface area contributed by atoms with Crippen molar-refractivity contribution in [3.8, 4) is 5.75 Å². The maximum atomic E-state index is 14.3. The Balaban J connectivity index is 0.000000907. The summed E-state index contributed by atoms with van der Waals surface area (Å²) in [5.41, 5.74) is 2.87. The number of hydrogen-bond acceptors (Lipinski definition) is 6. The normalized spacial score (nSPS) is 18.2. The van der Waals surface area contributed by atoms with E-state index in [1.807, 2.05) is 40.7 Å². The fourth-order valence-corrected chi connectivity index (χ4v) is 4.49. The molecule has 2 aliphatic heterocycles. The molecule has 1 spiro atoms. The fraction of sp³-hybridized carbons (Fsp3) is 0.393. The van der Waals surface area contributed by atoms with Crippen LogP contribution in [-0.2, 0) is 42.4 Å². The molecule has 2 amide bonds. The highest BCUT2D eigenvalue weighted by atomic mass is 19.1. The maximum absolute atomic E-state index is 14.3. The number of carbonyl (C=O) groups is 3. The van der Waals surface area contributed by atoms with Gasteiger partial charge in [0.15, 0.2) is 6.79 Å². The summed E-state index contributed by atoms with van der Waals surface area (Å²) < 4.78 is 29.9. The lowest BCUT2D eigenvalue weighted by Crippen LogP contribution is -2.33. The highest BCUT2D eigenvalue weighted by Crippen LogP contribution is 2.56. The number of fused-ring (bicyclic) bond motifs is 3. The number of esters is 1. The standard InChI is InChI=1S/C24H21FN2O6.2C2H6/c1-3-32-22(29)21(28)26-17-4-5-18-19(8-17)27(23(30)24(18)9-13(24)2)10-14-6-16(25)7-15-11-31-12-33-20(14)15;2*1-2/h4-9H,3,10-12H2,1-2H3,(H,26,28);2*1-2H3. The van der Waals surface area contributed by atoms with Crippen LogP contribution in [0.5, 0.6) is 5.75 Å². The van der Waals surface area contributed by atoms with Crippen molar-refractivity contribution in [1.29, 1.82) is 0 Å². The number of anilines is 2. The van der Waals surface area contributed by atoms with Crippen LogP contribution in [-0.4, -0.2) is 31.2 Å². The average Bonchev–Trinajstić information content (AvgIpc) is 3.54. The summed E-state index contributed by atoms with van der Waals surface area (Å²) in [4.78, 5) is 38.8. The average molecular weight is 513 g/mol. The first kappa shape index (κ1) is 27.9. The van der Waals surface area contributed by atoms with Gasteiger partial charge in [-0.1, -0.05) is 45.4 Å². The molecule has 0 fully saturated rings. The zero-order valence-electron chi connectivity index (χ0n) is 22.1. The lowest BCUT2D eigenvalue weighted by Gasteiger charge is -2.24. The van der Waals surface area contributed by atoms with Gasteiger partial charge in [0, 0.05) is 16.8 Å². The summed E-state index contributed by atoms with van der Waals surface area (Å²) in [5, 5.41) is 2.50.